The van der Waals surface area contributed by atoms with Gasteiger partial charge in [0, 0.05) is 11.1 Å². The summed E-state index contributed by atoms with van der Waals surface area (Å²) in [6, 6.07) is 4.13. The molecule has 112 valence electrons. The molecule has 1 aliphatic rings. The van der Waals surface area contributed by atoms with Crippen molar-refractivity contribution in [2.24, 2.45) is 0 Å². The van der Waals surface area contributed by atoms with Crippen molar-refractivity contribution >= 4 is 38.9 Å². The van der Waals surface area contributed by atoms with E-state index in [1.54, 1.807) is 6.07 Å². The number of amides is 1. The average Bonchev–Trinajstić information content (AvgIpc) is 2.75. The van der Waals surface area contributed by atoms with E-state index in [0.29, 0.717) is 11.4 Å². The van der Waals surface area contributed by atoms with E-state index in [4.69, 9.17) is 29.6 Å². The molecule has 0 bridgehead atoms. The van der Waals surface area contributed by atoms with Crippen molar-refractivity contribution in [1.29, 1.82) is 0 Å². The molecule has 1 aliphatic heterocycles. The van der Waals surface area contributed by atoms with E-state index >= 15 is 0 Å². The average molecular weight is 346 g/mol. The lowest BCUT2D eigenvalue weighted by Gasteiger charge is -2.26. The van der Waals surface area contributed by atoms with Crippen LogP contribution in [0.25, 0.3) is 0 Å². The fourth-order valence-corrected chi connectivity index (χ4v) is 4.52. The highest BCUT2D eigenvalue weighted by Crippen LogP contribution is 2.25. The molecular weight excluding hydrogens is 333 g/mol. The number of benzene rings is 1. The van der Waals surface area contributed by atoms with Gasteiger partial charge in [-0.3, -0.25) is 4.79 Å². The van der Waals surface area contributed by atoms with Gasteiger partial charge in [0.1, 0.15) is 0 Å². The third-order valence-electron chi connectivity index (χ3n) is 3.33. The van der Waals surface area contributed by atoms with Crippen LogP contribution < -0.4 is 0 Å². The van der Waals surface area contributed by atoms with Crippen molar-refractivity contribution in [2.75, 3.05) is 18.1 Å². The number of carbonyl (C=O) groups excluding carboxylic acids is 1. The Labute approximate surface area is 133 Å². The molecule has 0 N–H and O–H groups in total. The van der Waals surface area contributed by atoms with Crippen molar-refractivity contribution in [3.05, 3.63) is 33.8 Å². The molecule has 4 nitrogen and oxygen atoms in total. The number of hydrogen-bond acceptors (Lipinski definition) is 3. The van der Waals surface area contributed by atoms with E-state index in [9.17, 15) is 13.2 Å². The van der Waals surface area contributed by atoms with Gasteiger partial charge in [-0.05, 0) is 24.6 Å². The van der Waals surface area contributed by atoms with Gasteiger partial charge in [-0.1, -0.05) is 29.1 Å². The number of nitrogens with zero attached hydrogens (tertiary/aromatic N) is 1. The van der Waals surface area contributed by atoms with Crippen LogP contribution in [0.15, 0.2) is 18.2 Å². The molecule has 1 aromatic rings. The van der Waals surface area contributed by atoms with Gasteiger partial charge in [0.15, 0.2) is 9.84 Å². The SMILES string of the molecule is C#CCN(C(=O)c1ccc(Cl)cc1Cl)C1CCS(=O)(=O)C1. The van der Waals surface area contributed by atoms with Gasteiger partial charge in [0.2, 0.25) is 0 Å². The molecule has 1 aromatic carbocycles. The topological polar surface area (TPSA) is 54.5 Å². The minimum absolute atomic E-state index is 0.0397. The van der Waals surface area contributed by atoms with Gasteiger partial charge in [-0.15, -0.1) is 6.42 Å². The summed E-state index contributed by atoms with van der Waals surface area (Å²) < 4.78 is 23.2. The molecule has 21 heavy (non-hydrogen) atoms. The summed E-state index contributed by atoms with van der Waals surface area (Å²) in [7, 11) is -3.11. The molecule has 0 aliphatic carbocycles. The molecule has 1 unspecified atom stereocenters. The van der Waals surface area contributed by atoms with E-state index in [1.807, 2.05) is 0 Å². The van der Waals surface area contributed by atoms with Crippen molar-refractivity contribution in [1.82, 2.24) is 4.90 Å². The monoisotopic (exact) mass is 345 g/mol. The first-order chi connectivity index (χ1) is 9.84. The molecular formula is C14H13Cl2NO3S. The molecule has 1 atom stereocenters. The predicted octanol–water partition coefficient (Wildman–Crippen LogP) is 2.26. The van der Waals surface area contributed by atoms with Gasteiger partial charge in [0.05, 0.1) is 28.6 Å². The molecule has 7 heteroatoms. The maximum absolute atomic E-state index is 12.6. The summed E-state index contributed by atoms with van der Waals surface area (Å²) in [4.78, 5) is 14.0. The number of terminal acetylenes is 1. The van der Waals surface area contributed by atoms with E-state index in [1.165, 1.54) is 17.0 Å². The standard InChI is InChI=1S/C14H13Cl2NO3S/c1-2-6-17(11-5-7-21(19,20)9-11)14(18)12-4-3-10(15)8-13(12)16/h1,3-4,8,11H,5-7,9H2. The molecule has 0 radical (unpaired) electrons. The first-order valence-corrected chi connectivity index (χ1v) is 8.81. The van der Waals surface area contributed by atoms with Gasteiger partial charge in [-0.25, -0.2) is 8.42 Å². The first kappa shape index (κ1) is 16.2. The van der Waals surface area contributed by atoms with E-state index in [0.717, 1.165) is 0 Å². The summed E-state index contributed by atoms with van der Waals surface area (Å²) in [6.45, 7) is 0.0397. The Morgan fingerprint density at radius 1 is 1.43 bits per heavy atom. The number of rotatable bonds is 3. The Morgan fingerprint density at radius 3 is 2.67 bits per heavy atom. The largest absolute Gasteiger partial charge is 0.323 e. The molecule has 0 spiro atoms. The van der Waals surface area contributed by atoms with Crippen molar-refractivity contribution in [3.63, 3.8) is 0 Å². The molecule has 1 amide bonds. The molecule has 0 saturated carbocycles. The summed E-state index contributed by atoms with van der Waals surface area (Å²) in [5.74, 6) is 2.02. The lowest BCUT2D eigenvalue weighted by molar-refractivity contribution is 0.0724. The van der Waals surface area contributed by atoms with Crippen LogP contribution in [0.3, 0.4) is 0 Å². The molecule has 2 rings (SSSR count). The maximum atomic E-state index is 12.6. The van der Waals surface area contributed by atoms with Gasteiger partial charge in [0.25, 0.3) is 5.91 Å². The normalized spacial score (nSPS) is 20.0. The second-order valence-electron chi connectivity index (χ2n) is 4.82. The van der Waals surface area contributed by atoms with E-state index in [2.05, 4.69) is 5.92 Å². The highest BCUT2D eigenvalue weighted by Gasteiger charge is 2.35. The zero-order chi connectivity index (χ0) is 15.6. The van der Waals surface area contributed by atoms with Crippen molar-refractivity contribution in [2.45, 2.75) is 12.5 Å². The highest BCUT2D eigenvalue weighted by atomic mass is 35.5. The molecule has 0 aromatic heterocycles. The molecule has 1 saturated heterocycles. The second kappa shape index (κ2) is 6.27. The molecule has 1 fully saturated rings. The number of sulfone groups is 1. The Hall–Kier alpha value is -1.22. The van der Waals surface area contributed by atoms with Crippen LogP contribution in [0.5, 0.6) is 0 Å². The van der Waals surface area contributed by atoms with Gasteiger partial charge >= 0.3 is 0 Å². The molecule has 1 heterocycles. The van der Waals surface area contributed by atoms with E-state index < -0.39 is 15.9 Å². The summed E-state index contributed by atoms with van der Waals surface area (Å²) >= 11 is 11.8. The fraction of sp³-hybridized carbons (Fsp3) is 0.357. The van der Waals surface area contributed by atoms with E-state index in [-0.39, 0.29) is 34.5 Å². The van der Waals surface area contributed by atoms with Gasteiger partial charge in [-0.2, -0.15) is 0 Å². The van der Waals surface area contributed by atoms with Crippen LogP contribution in [-0.4, -0.2) is 43.3 Å². The summed E-state index contributed by atoms with van der Waals surface area (Å²) in [5.41, 5.74) is 0.264. The second-order valence-corrected chi connectivity index (χ2v) is 7.89. The Bertz CT molecular complexity index is 709. The van der Waals surface area contributed by atoms with Crippen molar-refractivity contribution < 1.29 is 13.2 Å². The highest BCUT2D eigenvalue weighted by molar-refractivity contribution is 7.91. The van der Waals surface area contributed by atoms with Crippen LogP contribution in [0.1, 0.15) is 16.8 Å². The number of halogens is 2. The van der Waals surface area contributed by atoms with Crippen LogP contribution in [0.2, 0.25) is 10.0 Å². The van der Waals surface area contributed by atoms with Crippen LogP contribution in [0.4, 0.5) is 0 Å². The minimum Gasteiger partial charge on any atom is -0.323 e. The maximum Gasteiger partial charge on any atom is 0.256 e. The smallest absolute Gasteiger partial charge is 0.256 e. The Balaban J connectivity index is 2.30. The third kappa shape index (κ3) is 3.70. The third-order valence-corrected chi connectivity index (χ3v) is 5.63. The van der Waals surface area contributed by atoms with Crippen LogP contribution in [-0.2, 0) is 9.84 Å². The van der Waals surface area contributed by atoms with Gasteiger partial charge < -0.3 is 4.90 Å². The summed E-state index contributed by atoms with van der Waals surface area (Å²) in [6.07, 6.45) is 5.69. The quantitative estimate of drug-likeness (QED) is 0.789. The zero-order valence-electron chi connectivity index (χ0n) is 11.1. The van der Waals surface area contributed by atoms with Crippen LogP contribution in [0, 0.1) is 12.3 Å². The fourth-order valence-electron chi connectivity index (χ4n) is 2.30. The lowest BCUT2D eigenvalue weighted by atomic mass is 10.1. The zero-order valence-corrected chi connectivity index (χ0v) is 13.4. The first-order valence-electron chi connectivity index (χ1n) is 6.24. The number of hydrogen-bond donors (Lipinski definition) is 0. The van der Waals surface area contributed by atoms with Crippen LogP contribution >= 0.6 is 23.2 Å². The van der Waals surface area contributed by atoms with Crippen molar-refractivity contribution in [3.8, 4) is 12.3 Å². The predicted molar refractivity (Wildman–Crippen MR) is 83.4 cm³/mol. The minimum atomic E-state index is -3.11. The summed E-state index contributed by atoms with van der Waals surface area (Å²) in [5, 5.41) is 0.638. The number of carbonyl (C=O) groups is 1. The Morgan fingerprint density at radius 2 is 2.14 bits per heavy atom. The Kier molecular flexibility index (Phi) is 4.82. The lowest BCUT2D eigenvalue weighted by Crippen LogP contribution is -2.41.